The van der Waals surface area contributed by atoms with E-state index in [1.54, 1.807) is 0 Å². The van der Waals surface area contributed by atoms with Crippen molar-refractivity contribution in [1.82, 2.24) is 4.98 Å². The number of carboxylic acids is 1. The predicted octanol–water partition coefficient (Wildman–Crippen LogP) is 3.91. The van der Waals surface area contributed by atoms with Gasteiger partial charge in [-0.3, -0.25) is 0 Å². The molecule has 0 radical (unpaired) electrons. The van der Waals surface area contributed by atoms with Crippen molar-refractivity contribution in [3.63, 3.8) is 0 Å². The second-order valence-corrected chi connectivity index (χ2v) is 4.76. The monoisotopic (exact) mass is 313 g/mol. The predicted molar refractivity (Wildman–Crippen MR) is 70.8 cm³/mol. The van der Waals surface area contributed by atoms with Gasteiger partial charge in [0, 0.05) is 9.86 Å². The standard InChI is InChI=1S/C12H9BrClNO2/c1-2-6-7-4-3-5-8(13)10(7)15-11(14)9(6)12(16)17/h3-5H,2H2,1H3,(H,16,17). The van der Waals surface area contributed by atoms with E-state index in [1.165, 1.54) is 0 Å². The Morgan fingerprint density at radius 2 is 2.24 bits per heavy atom. The Morgan fingerprint density at radius 3 is 2.82 bits per heavy atom. The maximum Gasteiger partial charge on any atom is 0.339 e. The summed E-state index contributed by atoms with van der Waals surface area (Å²) in [7, 11) is 0. The molecule has 0 bridgehead atoms. The number of aromatic nitrogens is 1. The maximum atomic E-state index is 11.2. The van der Waals surface area contributed by atoms with Gasteiger partial charge in [0.15, 0.2) is 0 Å². The molecule has 0 aliphatic rings. The van der Waals surface area contributed by atoms with E-state index in [4.69, 9.17) is 11.6 Å². The summed E-state index contributed by atoms with van der Waals surface area (Å²) >= 11 is 9.33. The van der Waals surface area contributed by atoms with Gasteiger partial charge in [0.05, 0.1) is 5.52 Å². The second kappa shape index (κ2) is 4.63. The molecule has 3 nitrogen and oxygen atoms in total. The molecule has 0 amide bonds. The van der Waals surface area contributed by atoms with Gasteiger partial charge < -0.3 is 5.11 Å². The van der Waals surface area contributed by atoms with Crippen LogP contribution in [0, 0.1) is 0 Å². The highest BCUT2D eigenvalue weighted by molar-refractivity contribution is 9.10. The summed E-state index contributed by atoms with van der Waals surface area (Å²) in [6, 6.07) is 5.56. The van der Waals surface area contributed by atoms with Gasteiger partial charge in [-0.25, -0.2) is 9.78 Å². The number of para-hydroxylation sites is 1. The summed E-state index contributed by atoms with van der Waals surface area (Å²) in [5, 5.41) is 10.0. The first-order valence-corrected chi connectivity index (χ1v) is 6.23. The third kappa shape index (κ3) is 2.03. The Labute approximate surface area is 112 Å². The van der Waals surface area contributed by atoms with E-state index >= 15 is 0 Å². The van der Waals surface area contributed by atoms with Crippen LogP contribution in [0.2, 0.25) is 5.15 Å². The highest BCUT2D eigenvalue weighted by Crippen LogP contribution is 2.31. The summed E-state index contributed by atoms with van der Waals surface area (Å²) in [4.78, 5) is 15.3. The van der Waals surface area contributed by atoms with Gasteiger partial charge in [0.2, 0.25) is 0 Å². The van der Waals surface area contributed by atoms with E-state index in [-0.39, 0.29) is 10.7 Å². The number of aryl methyl sites for hydroxylation is 1. The van der Waals surface area contributed by atoms with E-state index in [2.05, 4.69) is 20.9 Å². The third-order valence-electron chi connectivity index (χ3n) is 2.60. The Balaban J connectivity index is 2.95. The highest BCUT2D eigenvalue weighted by atomic mass is 79.9. The number of hydrogen-bond acceptors (Lipinski definition) is 2. The summed E-state index contributed by atoms with van der Waals surface area (Å²) in [6.07, 6.45) is 0.594. The molecule has 17 heavy (non-hydrogen) atoms. The first-order valence-electron chi connectivity index (χ1n) is 5.06. The van der Waals surface area contributed by atoms with Gasteiger partial charge in [0.1, 0.15) is 10.7 Å². The van der Waals surface area contributed by atoms with Gasteiger partial charge in [-0.2, -0.15) is 0 Å². The van der Waals surface area contributed by atoms with Crippen molar-refractivity contribution in [1.29, 1.82) is 0 Å². The molecule has 0 aliphatic carbocycles. The Kier molecular flexibility index (Phi) is 3.35. The summed E-state index contributed by atoms with van der Waals surface area (Å²) in [5.41, 5.74) is 1.51. The molecule has 2 rings (SSSR count). The molecule has 0 saturated heterocycles. The fourth-order valence-corrected chi connectivity index (χ4v) is 2.60. The van der Waals surface area contributed by atoms with Crippen LogP contribution in [-0.4, -0.2) is 16.1 Å². The van der Waals surface area contributed by atoms with Crippen LogP contribution in [0.4, 0.5) is 0 Å². The quantitative estimate of drug-likeness (QED) is 0.855. The molecule has 5 heteroatoms. The van der Waals surface area contributed by atoms with E-state index in [0.29, 0.717) is 17.5 Å². The minimum absolute atomic E-state index is 0.0359. The number of rotatable bonds is 2. The average molecular weight is 315 g/mol. The summed E-state index contributed by atoms with van der Waals surface area (Å²) in [5.74, 6) is -1.04. The topological polar surface area (TPSA) is 50.2 Å². The van der Waals surface area contributed by atoms with Gasteiger partial charge in [-0.05, 0) is 34.0 Å². The summed E-state index contributed by atoms with van der Waals surface area (Å²) in [6.45, 7) is 1.90. The van der Waals surface area contributed by atoms with Crippen LogP contribution >= 0.6 is 27.5 Å². The van der Waals surface area contributed by atoms with Crippen LogP contribution in [0.3, 0.4) is 0 Å². The molecule has 0 atom stereocenters. The minimum Gasteiger partial charge on any atom is -0.478 e. The SMILES string of the molecule is CCc1c(C(=O)O)c(Cl)nc2c(Br)cccc12. The van der Waals surface area contributed by atoms with E-state index in [1.807, 2.05) is 25.1 Å². The van der Waals surface area contributed by atoms with Crippen molar-refractivity contribution >= 4 is 44.4 Å². The number of benzene rings is 1. The third-order valence-corrected chi connectivity index (χ3v) is 3.51. The number of pyridine rings is 1. The zero-order chi connectivity index (χ0) is 12.6. The van der Waals surface area contributed by atoms with Crippen molar-refractivity contribution in [3.05, 3.63) is 39.0 Å². The molecule has 88 valence electrons. The van der Waals surface area contributed by atoms with Crippen molar-refractivity contribution in [2.24, 2.45) is 0 Å². The smallest absolute Gasteiger partial charge is 0.339 e. The molecule has 0 spiro atoms. The Bertz CT molecular complexity index is 613. The first kappa shape index (κ1) is 12.3. The van der Waals surface area contributed by atoms with E-state index in [0.717, 1.165) is 9.86 Å². The summed E-state index contributed by atoms with van der Waals surface area (Å²) < 4.78 is 0.809. The van der Waals surface area contributed by atoms with Crippen LogP contribution in [0.15, 0.2) is 22.7 Å². The lowest BCUT2D eigenvalue weighted by atomic mass is 10.0. The lowest BCUT2D eigenvalue weighted by molar-refractivity contribution is 0.0696. The Morgan fingerprint density at radius 1 is 1.53 bits per heavy atom. The molecular formula is C12H9BrClNO2. The number of halogens is 2. The van der Waals surface area contributed by atoms with Gasteiger partial charge in [-0.15, -0.1) is 0 Å². The number of carbonyl (C=O) groups is 1. The van der Waals surface area contributed by atoms with Crippen molar-refractivity contribution in [2.75, 3.05) is 0 Å². The zero-order valence-electron chi connectivity index (χ0n) is 9.00. The molecule has 0 fully saturated rings. The number of nitrogens with zero attached hydrogens (tertiary/aromatic N) is 1. The van der Waals surface area contributed by atoms with Crippen LogP contribution in [0.1, 0.15) is 22.8 Å². The fourth-order valence-electron chi connectivity index (χ4n) is 1.87. The van der Waals surface area contributed by atoms with Crippen LogP contribution in [0.25, 0.3) is 10.9 Å². The number of aromatic carboxylic acids is 1. The molecular weight excluding hydrogens is 305 g/mol. The molecule has 2 aromatic rings. The van der Waals surface area contributed by atoms with Crippen molar-refractivity contribution in [2.45, 2.75) is 13.3 Å². The number of fused-ring (bicyclic) bond motifs is 1. The first-order chi connectivity index (χ1) is 8.06. The van der Waals surface area contributed by atoms with Crippen LogP contribution < -0.4 is 0 Å². The molecule has 0 saturated carbocycles. The highest BCUT2D eigenvalue weighted by Gasteiger charge is 2.19. The Hall–Kier alpha value is -1.13. The van der Waals surface area contributed by atoms with Crippen LogP contribution in [-0.2, 0) is 6.42 Å². The zero-order valence-corrected chi connectivity index (χ0v) is 11.3. The molecule has 1 aromatic heterocycles. The largest absolute Gasteiger partial charge is 0.478 e. The van der Waals surface area contributed by atoms with E-state index < -0.39 is 5.97 Å². The lowest BCUT2D eigenvalue weighted by Gasteiger charge is -2.10. The van der Waals surface area contributed by atoms with Crippen molar-refractivity contribution < 1.29 is 9.90 Å². The minimum atomic E-state index is -1.04. The molecule has 0 unspecified atom stereocenters. The van der Waals surface area contributed by atoms with Crippen LogP contribution in [0.5, 0.6) is 0 Å². The molecule has 0 aliphatic heterocycles. The molecule has 1 heterocycles. The van der Waals surface area contributed by atoms with Gasteiger partial charge in [-0.1, -0.05) is 30.7 Å². The maximum absolute atomic E-state index is 11.2. The van der Waals surface area contributed by atoms with Gasteiger partial charge >= 0.3 is 5.97 Å². The fraction of sp³-hybridized carbons (Fsp3) is 0.167. The van der Waals surface area contributed by atoms with Gasteiger partial charge in [0.25, 0.3) is 0 Å². The second-order valence-electron chi connectivity index (χ2n) is 3.55. The number of carboxylic acid groups (broad SMARTS) is 1. The lowest BCUT2D eigenvalue weighted by Crippen LogP contribution is -2.05. The molecule has 1 aromatic carbocycles. The van der Waals surface area contributed by atoms with E-state index in [9.17, 15) is 9.90 Å². The van der Waals surface area contributed by atoms with Crippen molar-refractivity contribution in [3.8, 4) is 0 Å². The molecule has 1 N–H and O–H groups in total. The number of hydrogen-bond donors (Lipinski definition) is 1. The average Bonchev–Trinajstić information content (AvgIpc) is 2.28. The normalized spacial score (nSPS) is 10.8.